The molecular formula is C8H10Cl2N4O. The van der Waals surface area contributed by atoms with E-state index in [-0.39, 0.29) is 17.7 Å². The van der Waals surface area contributed by atoms with Crippen molar-refractivity contribution in [1.29, 1.82) is 0 Å². The zero-order valence-corrected chi connectivity index (χ0v) is 9.80. The third-order valence-electron chi connectivity index (χ3n) is 1.72. The molecule has 0 bridgehead atoms. The molecule has 5 nitrogen and oxygen atoms in total. The molecule has 82 valence electrons. The second-order valence-corrected chi connectivity index (χ2v) is 3.59. The highest BCUT2D eigenvalue weighted by Gasteiger charge is 2.11. The van der Waals surface area contributed by atoms with Crippen molar-refractivity contribution in [2.75, 3.05) is 25.5 Å². The Kier molecular flexibility index (Phi) is 4.11. The van der Waals surface area contributed by atoms with Crippen molar-refractivity contribution in [2.45, 2.75) is 0 Å². The van der Waals surface area contributed by atoms with E-state index in [9.17, 15) is 4.79 Å². The van der Waals surface area contributed by atoms with E-state index in [0.717, 1.165) is 0 Å². The second kappa shape index (κ2) is 5.14. The maximum absolute atomic E-state index is 11.1. The number of halogens is 2. The van der Waals surface area contributed by atoms with Crippen LogP contribution in [0.15, 0.2) is 6.20 Å². The standard InChI is InChI=1S/C8H10Cl2N4O/c1-11-6(15)4-14(2)7-5(9)3-12-8(10)13-7/h3H,4H2,1-2H3,(H,11,15). The van der Waals surface area contributed by atoms with Gasteiger partial charge in [-0.2, -0.15) is 4.98 Å². The Morgan fingerprint density at radius 1 is 1.60 bits per heavy atom. The quantitative estimate of drug-likeness (QED) is 0.811. The van der Waals surface area contributed by atoms with Gasteiger partial charge in [-0.25, -0.2) is 4.98 Å². The van der Waals surface area contributed by atoms with Crippen LogP contribution < -0.4 is 10.2 Å². The van der Waals surface area contributed by atoms with E-state index in [1.807, 2.05) is 0 Å². The maximum Gasteiger partial charge on any atom is 0.239 e. The average Bonchev–Trinajstić information content (AvgIpc) is 2.21. The van der Waals surface area contributed by atoms with Crippen LogP contribution in [0.2, 0.25) is 10.3 Å². The van der Waals surface area contributed by atoms with Gasteiger partial charge in [0.2, 0.25) is 11.2 Å². The van der Waals surface area contributed by atoms with E-state index in [1.54, 1.807) is 19.0 Å². The first-order valence-electron chi connectivity index (χ1n) is 4.14. The first-order chi connectivity index (χ1) is 7.04. The highest BCUT2D eigenvalue weighted by atomic mass is 35.5. The molecule has 0 unspecified atom stereocenters. The molecule has 0 atom stereocenters. The van der Waals surface area contributed by atoms with Gasteiger partial charge in [0.05, 0.1) is 12.7 Å². The van der Waals surface area contributed by atoms with E-state index in [0.29, 0.717) is 10.8 Å². The number of likely N-dealkylation sites (N-methyl/N-ethyl adjacent to an activating group) is 2. The summed E-state index contributed by atoms with van der Waals surface area (Å²) in [6.45, 7) is 0.156. The first kappa shape index (κ1) is 12.0. The topological polar surface area (TPSA) is 58.1 Å². The van der Waals surface area contributed by atoms with Crippen LogP contribution in [0.5, 0.6) is 0 Å². The molecule has 1 aromatic heterocycles. The fraction of sp³-hybridized carbons (Fsp3) is 0.375. The number of rotatable bonds is 3. The van der Waals surface area contributed by atoms with Gasteiger partial charge in [0, 0.05) is 14.1 Å². The minimum absolute atomic E-state index is 0.0955. The highest BCUT2D eigenvalue weighted by Crippen LogP contribution is 2.22. The molecule has 0 aliphatic rings. The Balaban J connectivity index is 2.85. The van der Waals surface area contributed by atoms with Crippen molar-refractivity contribution >= 4 is 34.9 Å². The van der Waals surface area contributed by atoms with Gasteiger partial charge in [-0.3, -0.25) is 4.79 Å². The van der Waals surface area contributed by atoms with E-state index in [1.165, 1.54) is 6.20 Å². The zero-order chi connectivity index (χ0) is 11.4. The summed E-state index contributed by atoms with van der Waals surface area (Å²) in [5.41, 5.74) is 0. The molecule has 1 heterocycles. The molecule has 0 saturated carbocycles. The van der Waals surface area contributed by atoms with Gasteiger partial charge in [-0.05, 0) is 11.6 Å². The van der Waals surface area contributed by atoms with E-state index in [4.69, 9.17) is 23.2 Å². The van der Waals surface area contributed by atoms with Gasteiger partial charge in [-0.1, -0.05) is 11.6 Å². The number of aromatic nitrogens is 2. The lowest BCUT2D eigenvalue weighted by molar-refractivity contribution is -0.119. The number of carbonyl (C=O) groups is 1. The summed E-state index contributed by atoms with van der Waals surface area (Å²) < 4.78 is 0. The summed E-state index contributed by atoms with van der Waals surface area (Å²) in [7, 11) is 3.25. The summed E-state index contributed by atoms with van der Waals surface area (Å²) in [4.78, 5) is 20.4. The molecule has 0 fully saturated rings. The second-order valence-electron chi connectivity index (χ2n) is 2.84. The van der Waals surface area contributed by atoms with E-state index in [2.05, 4.69) is 15.3 Å². The summed E-state index contributed by atoms with van der Waals surface area (Å²) >= 11 is 11.5. The first-order valence-corrected chi connectivity index (χ1v) is 4.90. The molecule has 1 aromatic rings. The predicted molar refractivity (Wildman–Crippen MR) is 59.4 cm³/mol. The Labute approximate surface area is 97.4 Å². The average molecular weight is 249 g/mol. The largest absolute Gasteiger partial charge is 0.358 e. The molecule has 0 saturated heterocycles. The van der Waals surface area contributed by atoms with Crippen molar-refractivity contribution < 1.29 is 4.79 Å². The SMILES string of the molecule is CNC(=O)CN(C)c1nc(Cl)ncc1Cl. The van der Waals surface area contributed by atoms with Crippen LogP contribution >= 0.6 is 23.2 Å². The highest BCUT2D eigenvalue weighted by molar-refractivity contribution is 6.33. The molecule has 1 amide bonds. The van der Waals surface area contributed by atoms with Crippen molar-refractivity contribution in [2.24, 2.45) is 0 Å². The van der Waals surface area contributed by atoms with Gasteiger partial charge in [-0.15, -0.1) is 0 Å². The minimum Gasteiger partial charge on any atom is -0.358 e. The Morgan fingerprint density at radius 3 is 2.87 bits per heavy atom. The molecule has 1 rings (SSSR count). The number of hydrogen-bond donors (Lipinski definition) is 1. The fourth-order valence-corrected chi connectivity index (χ4v) is 1.34. The molecular weight excluding hydrogens is 239 g/mol. The van der Waals surface area contributed by atoms with Crippen LogP contribution in [0, 0.1) is 0 Å². The minimum atomic E-state index is -0.136. The number of hydrogen-bond acceptors (Lipinski definition) is 4. The number of carbonyl (C=O) groups excluding carboxylic acids is 1. The van der Waals surface area contributed by atoms with Crippen molar-refractivity contribution in [1.82, 2.24) is 15.3 Å². The molecule has 7 heteroatoms. The molecule has 0 radical (unpaired) electrons. The molecule has 0 spiro atoms. The summed E-state index contributed by atoms with van der Waals surface area (Å²) in [6, 6.07) is 0. The van der Waals surface area contributed by atoms with Gasteiger partial charge in [0.1, 0.15) is 5.02 Å². The number of nitrogens with zero attached hydrogens (tertiary/aromatic N) is 3. The Bertz CT molecular complexity index is 372. The van der Waals surface area contributed by atoms with E-state index >= 15 is 0 Å². The van der Waals surface area contributed by atoms with Gasteiger partial charge in [0.15, 0.2) is 5.82 Å². The summed E-state index contributed by atoms with van der Waals surface area (Å²) in [5.74, 6) is 0.295. The van der Waals surface area contributed by atoms with Crippen molar-refractivity contribution in [3.8, 4) is 0 Å². The number of nitrogens with one attached hydrogen (secondary N) is 1. The van der Waals surface area contributed by atoms with Crippen LogP contribution in [0.3, 0.4) is 0 Å². The molecule has 1 N–H and O–H groups in total. The summed E-state index contributed by atoms with van der Waals surface area (Å²) in [6.07, 6.45) is 1.40. The third-order valence-corrected chi connectivity index (χ3v) is 2.17. The van der Waals surface area contributed by atoms with Gasteiger partial charge in [0.25, 0.3) is 0 Å². The lowest BCUT2D eigenvalue weighted by Crippen LogP contribution is -2.33. The molecule has 0 aliphatic carbocycles. The monoisotopic (exact) mass is 248 g/mol. The number of anilines is 1. The normalized spacial score (nSPS) is 9.87. The molecule has 15 heavy (non-hydrogen) atoms. The Hall–Kier alpha value is -1.07. The van der Waals surface area contributed by atoms with Crippen LogP contribution in [0.1, 0.15) is 0 Å². The van der Waals surface area contributed by atoms with Crippen LogP contribution in [-0.4, -0.2) is 36.5 Å². The van der Waals surface area contributed by atoms with E-state index < -0.39 is 0 Å². The fourth-order valence-electron chi connectivity index (χ4n) is 0.974. The molecule has 0 aliphatic heterocycles. The van der Waals surface area contributed by atoms with Crippen LogP contribution in [0.25, 0.3) is 0 Å². The van der Waals surface area contributed by atoms with Gasteiger partial charge < -0.3 is 10.2 Å². The third kappa shape index (κ3) is 3.21. The molecule has 0 aromatic carbocycles. The van der Waals surface area contributed by atoms with Crippen molar-refractivity contribution in [3.63, 3.8) is 0 Å². The number of amides is 1. The van der Waals surface area contributed by atoms with Crippen LogP contribution in [0.4, 0.5) is 5.82 Å². The lowest BCUT2D eigenvalue weighted by atomic mass is 10.4. The van der Waals surface area contributed by atoms with Crippen molar-refractivity contribution in [3.05, 3.63) is 16.5 Å². The predicted octanol–water partition coefficient (Wildman–Crippen LogP) is 0.966. The Morgan fingerprint density at radius 2 is 2.27 bits per heavy atom. The maximum atomic E-state index is 11.1. The van der Waals surface area contributed by atoms with Gasteiger partial charge >= 0.3 is 0 Å². The summed E-state index contributed by atoms with van der Waals surface area (Å²) in [5, 5.41) is 2.95. The lowest BCUT2D eigenvalue weighted by Gasteiger charge is -2.17. The zero-order valence-electron chi connectivity index (χ0n) is 8.29. The smallest absolute Gasteiger partial charge is 0.239 e. The van der Waals surface area contributed by atoms with Crippen LogP contribution in [-0.2, 0) is 4.79 Å².